The minimum absolute atomic E-state index is 0.246. The van der Waals surface area contributed by atoms with E-state index in [4.69, 9.17) is 0 Å². The van der Waals surface area contributed by atoms with Crippen LogP contribution in [0.25, 0.3) is 0 Å². The molecule has 0 amide bonds. The Balaban J connectivity index is 1.84. The third-order valence-corrected chi connectivity index (χ3v) is 5.68. The van der Waals surface area contributed by atoms with Gasteiger partial charge in [0, 0.05) is 41.8 Å². The molecule has 0 radical (unpaired) electrons. The number of nitrogens with zero attached hydrogens (tertiary/aromatic N) is 2. The number of ketones is 1. The normalized spacial score (nSPS) is 21.6. The fourth-order valence-electron chi connectivity index (χ4n) is 2.22. The van der Waals surface area contributed by atoms with Gasteiger partial charge in [-0.1, -0.05) is 11.3 Å². The highest BCUT2D eigenvalue weighted by molar-refractivity contribution is 7.85. The van der Waals surface area contributed by atoms with Gasteiger partial charge in [-0.05, 0) is 12.8 Å². The second-order valence-electron chi connectivity index (χ2n) is 4.38. The zero-order valence-electron chi connectivity index (χ0n) is 9.48. The van der Waals surface area contributed by atoms with Crippen LogP contribution in [0.4, 0.5) is 5.13 Å². The monoisotopic (exact) mass is 270 g/mol. The molecule has 1 aromatic rings. The first kappa shape index (κ1) is 11.3. The van der Waals surface area contributed by atoms with Gasteiger partial charge in [-0.2, -0.15) is 0 Å². The van der Waals surface area contributed by atoms with Gasteiger partial charge in [-0.3, -0.25) is 9.00 Å². The van der Waals surface area contributed by atoms with E-state index in [1.54, 1.807) is 0 Å². The number of rotatable bonds is 1. The number of thiazole rings is 1. The Hall–Kier alpha value is -0.750. The number of aromatic nitrogens is 1. The minimum Gasteiger partial charge on any atom is -0.346 e. The van der Waals surface area contributed by atoms with Crippen LogP contribution in [-0.4, -0.2) is 39.6 Å². The molecule has 92 valence electrons. The molecular weight excluding hydrogens is 256 g/mol. The van der Waals surface area contributed by atoms with Crippen molar-refractivity contribution in [2.45, 2.75) is 19.3 Å². The highest BCUT2D eigenvalue weighted by Gasteiger charge is 2.25. The maximum Gasteiger partial charge on any atom is 0.186 e. The number of fused-ring (bicyclic) bond motifs is 1. The second-order valence-corrected chi connectivity index (χ2v) is 7.06. The van der Waals surface area contributed by atoms with Crippen LogP contribution >= 0.6 is 11.3 Å². The number of Topliss-reactive ketones (excluding diaryl/α,β-unsaturated/α-hetero) is 1. The average molecular weight is 270 g/mol. The van der Waals surface area contributed by atoms with Gasteiger partial charge in [-0.15, -0.1) is 0 Å². The Bertz CT molecular complexity index is 474. The van der Waals surface area contributed by atoms with E-state index in [-0.39, 0.29) is 5.78 Å². The Morgan fingerprint density at radius 1 is 1.24 bits per heavy atom. The van der Waals surface area contributed by atoms with Crippen LogP contribution in [0.3, 0.4) is 0 Å². The Morgan fingerprint density at radius 2 is 2.00 bits per heavy atom. The van der Waals surface area contributed by atoms with Crippen LogP contribution in [0.15, 0.2) is 0 Å². The van der Waals surface area contributed by atoms with E-state index in [0.29, 0.717) is 6.42 Å². The molecule has 4 nitrogen and oxygen atoms in total. The molecule has 0 bridgehead atoms. The molecule has 17 heavy (non-hydrogen) atoms. The van der Waals surface area contributed by atoms with Gasteiger partial charge < -0.3 is 4.90 Å². The Kier molecular flexibility index (Phi) is 3.00. The van der Waals surface area contributed by atoms with E-state index in [0.717, 1.165) is 53.1 Å². The second kappa shape index (κ2) is 4.49. The van der Waals surface area contributed by atoms with Crippen molar-refractivity contribution in [1.82, 2.24) is 4.98 Å². The molecule has 2 aliphatic rings. The maximum absolute atomic E-state index is 11.7. The van der Waals surface area contributed by atoms with Crippen molar-refractivity contribution in [1.29, 1.82) is 0 Å². The molecule has 0 N–H and O–H groups in total. The molecule has 0 aromatic carbocycles. The summed E-state index contributed by atoms with van der Waals surface area (Å²) in [6, 6.07) is 0. The van der Waals surface area contributed by atoms with Crippen molar-refractivity contribution in [3.63, 3.8) is 0 Å². The van der Waals surface area contributed by atoms with Crippen LogP contribution in [0, 0.1) is 0 Å². The molecule has 1 aromatic heterocycles. The van der Waals surface area contributed by atoms with Crippen molar-refractivity contribution in [3.8, 4) is 0 Å². The van der Waals surface area contributed by atoms with Crippen LogP contribution in [0.5, 0.6) is 0 Å². The van der Waals surface area contributed by atoms with Crippen molar-refractivity contribution in [2.75, 3.05) is 29.5 Å². The molecule has 2 heterocycles. The van der Waals surface area contributed by atoms with Gasteiger partial charge in [-0.25, -0.2) is 4.98 Å². The lowest BCUT2D eigenvalue weighted by Crippen LogP contribution is -2.37. The summed E-state index contributed by atoms with van der Waals surface area (Å²) in [6.07, 6.45) is 2.52. The Labute approximate surface area is 106 Å². The third kappa shape index (κ3) is 2.15. The van der Waals surface area contributed by atoms with Crippen molar-refractivity contribution < 1.29 is 9.00 Å². The number of anilines is 1. The van der Waals surface area contributed by atoms with Crippen molar-refractivity contribution >= 4 is 33.1 Å². The van der Waals surface area contributed by atoms with E-state index in [1.165, 1.54) is 11.3 Å². The topological polar surface area (TPSA) is 50.3 Å². The first-order valence-corrected chi connectivity index (χ1v) is 8.17. The van der Waals surface area contributed by atoms with Gasteiger partial charge in [0.15, 0.2) is 10.9 Å². The number of hydrogen-bond donors (Lipinski definition) is 0. The van der Waals surface area contributed by atoms with E-state index in [1.807, 2.05) is 0 Å². The number of carbonyl (C=O) groups excluding carboxylic acids is 1. The molecule has 6 heteroatoms. The third-order valence-electron chi connectivity index (χ3n) is 3.20. The van der Waals surface area contributed by atoms with Gasteiger partial charge in [0.05, 0.1) is 10.6 Å². The first-order valence-electron chi connectivity index (χ1n) is 5.87. The molecule has 1 aliphatic carbocycles. The number of hydrogen-bond acceptors (Lipinski definition) is 5. The zero-order valence-corrected chi connectivity index (χ0v) is 11.1. The van der Waals surface area contributed by atoms with Gasteiger partial charge in [0.2, 0.25) is 0 Å². The molecule has 3 rings (SSSR count). The predicted octanol–water partition coefficient (Wildman–Crippen LogP) is 1.23. The fourth-order valence-corrected chi connectivity index (χ4v) is 4.40. The summed E-state index contributed by atoms with van der Waals surface area (Å²) in [6.45, 7) is 1.60. The zero-order chi connectivity index (χ0) is 11.8. The lowest BCUT2D eigenvalue weighted by Gasteiger charge is -2.25. The summed E-state index contributed by atoms with van der Waals surface area (Å²) in [7, 11) is -0.663. The molecule has 0 atom stereocenters. The highest BCUT2D eigenvalue weighted by Crippen LogP contribution is 2.32. The summed E-state index contributed by atoms with van der Waals surface area (Å²) < 4.78 is 11.3. The van der Waals surface area contributed by atoms with E-state index >= 15 is 0 Å². The highest BCUT2D eigenvalue weighted by atomic mass is 32.2. The Morgan fingerprint density at radius 3 is 2.71 bits per heavy atom. The lowest BCUT2D eigenvalue weighted by molar-refractivity contribution is 0.0976. The fraction of sp³-hybridized carbons (Fsp3) is 0.636. The quantitative estimate of drug-likeness (QED) is 0.770. The van der Waals surface area contributed by atoms with Gasteiger partial charge >= 0.3 is 0 Å². The standard InChI is InChI=1S/C11H14N2O2S2/c14-9-3-1-2-8-10(9)16-11(12-8)13-4-6-17(15)7-5-13/h1-7H2. The lowest BCUT2D eigenvalue weighted by atomic mass is 10.0. The van der Waals surface area contributed by atoms with Crippen LogP contribution in [0.1, 0.15) is 28.2 Å². The molecule has 0 saturated carbocycles. The maximum atomic E-state index is 11.7. The number of aryl methyl sites for hydroxylation is 1. The van der Waals surface area contributed by atoms with E-state index in [9.17, 15) is 9.00 Å². The molecule has 1 fully saturated rings. The van der Waals surface area contributed by atoms with Crippen LogP contribution in [-0.2, 0) is 17.2 Å². The predicted molar refractivity (Wildman–Crippen MR) is 69.5 cm³/mol. The summed E-state index contributed by atoms with van der Waals surface area (Å²) in [5.41, 5.74) is 0.980. The SMILES string of the molecule is O=C1CCCc2nc(N3CCS(=O)CC3)sc21. The van der Waals surface area contributed by atoms with Crippen molar-refractivity contribution in [2.24, 2.45) is 0 Å². The smallest absolute Gasteiger partial charge is 0.186 e. The van der Waals surface area contributed by atoms with Crippen molar-refractivity contribution in [3.05, 3.63) is 10.6 Å². The molecule has 1 saturated heterocycles. The van der Waals surface area contributed by atoms with Gasteiger partial charge in [0.25, 0.3) is 0 Å². The molecular formula is C11H14N2O2S2. The largest absolute Gasteiger partial charge is 0.346 e. The minimum atomic E-state index is -0.663. The summed E-state index contributed by atoms with van der Waals surface area (Å²) in [4.78, 5) is 19.3. The van der Waals surface area contributed by atoms with E-state index < -0.39 is 10.8 Å². The average Bonchev–Trinajstić information content (AvgIpc) is 2.75. The number of carbonyl (C=O) groups is 1. The summed E-state index contributed by atoms with van der Waals surface area (Å²) in [5, 5.41) is 0.946. The van der Waals surface area contributed by atoms with E-state index in [2.05, 4.69) is 9.88 Å². The van der Waals surface area contributed by atoms with Gasteiger partial charge in [0.1, 0.15) is 0 Å². The molecule has 1 aliphatic heterocycles. The first-order chi connectivity index (χ1) is 8.24. The molecule has 0 unspecified atom stereocenters. The van der Waals surface area contributed by atoms with Crippen LogP contribution in [0.2, 0.25) is 0 Å². The summed E-state index contributed by atoms with van der Waals surface area (Å²) in [5.74, 6) is 1.69. The molecule has 0 spiro atoms. The summed E-state index contributed by atoms with van der Waals surface area (Å²) >= 11 is 1.52. The van der Waals surface area contributed by atoms with Crippen LogP contribution < -0.4 is 4.90 Å².